The Hall–Kier alpha value is -3.15. The Bertz CT molecular complexity index is 908. The molecule has 0 atom stereocenters. The first-order valence-electron chi connectivity index (χ1n) is 6.31. The number of rotatable bonds is 2. The first-order valence-corrected chi connectivity index (χ1v) is 6.31. The van der Waals surface area contributed by atoms with Crippen molar-refractivity contribution in [2.24, 2.45) is 0 Å². The van der Waals surface area contributed by atoms with E-state index in [1.54, 1.807) is 0 Å². The van der Waals surface area contributed by atoms with Gasteiger partial charge in [-0.1, -0.05) is 0 Å². The molecule has 2 aromatic carbocycles. The van der Waals surface area contributed by atoms with Crippen molar-refractivity contribution in [2.75, 3.05) is 0 Å². The molecule has 1 heterocycles. The minimum atomic E-state index is -1.18. The van der Waals surface area contributed by atoms with E-state index in [1.807, 2.05) is 0 Å². The van der Waals surface area contributed by atoms with E-state index in [-0.39, 0.29) is 33.8 Å². The maximum absolute atomic E-state index is 13.4. The summed E-state index contributed by atoms with van der Waals surface area (Å²) >= 11 is 0. The number of benzene rings is 2. The molecule has 6 heteroatoms. The normalized spacial score (nSPS) is 10.8. The number of aromatic carboxylic acids is 1. The van der Waals surface area contributed by atoms with E-state index in [4.69, 9.17) is 0 Å². The van der Waals surface area contributed by atoms with Gasteiger partial charge in [0.05, 0.1) is 16.8 Å². The lowest BCUT2D eigenvalue weighted by Crippen LogP contribution is -2.00. The van der Waals surface area contributed by atoms with Crippen LogP contribution in [0.3, 0.4) is 0 Å². The maximum atomic E-state index is 13.4. The first kappa shape index (κ1) is 13.8. The fourth-order valence-electron chi connectivity index (χ4n) is 2.25. The average molecular weight is 299 g/mol. The highest BCUT2D eigenvalue weighted by Crippen LogP contribution is 2.33. The second-order valence-electron chi connectivity index (χ2n) is 4.72. The van der Waals surface area contributed by atoms with Gasteiger partial charge in [-0.15, -0.1) is 0 Å². The highest BCUT2D eigenvalue weighted by atomic mass is 19.1. The van der Waals surface area contributed by atoms with Crippen molar-refractivity contribution < 1.29 is 24.5 Å². The SMILES string of the molecule is O=C(O)c1cc(-c2ccc(O)cc2O)nc2cc(F)ccc12. The van der Waals surface area contributed by atoms with Crippen molar-refractivity contribution in [2.45, 2.75) is 0 Å². The second kappa shape index (κ2) is 5.00. The molecule has 0 spiro atoms. The number of nitrogens with zero attached hydrogens (tertiary/aromatic N) is 1. The Balaban J connectivity index is 2.32. The van der Waals surface area contributed by atoms with Crippen LogP contribution >= 0.6 is 0 Å². The number of halogens is 1. The van der Waals surface area contributed by atoms with Crippen molar-refractivity contribution in [1.29, 1.82) is 0 Å². The third kappa shape index (κ3) is 2.31. The van der Waals surface area contributed by atoms with Gasteiger partial charge >= 0.3 is 5.97 Å². The number of hydrogen-bond acceptors (Lipinski definition) is 4. The van der Waals surface area contributed by atoms with Gasteiger partial charge < -0.3 is 15.3 Å². The molecule has 22 heavy (non-hydrogen) atoms. The van der Waals surface area contributed by atoms with Crippen LogP contribution < -0.4 is 0 Å². The van der Waals surface area contributed by atoms with Crippen LogP contribution in [0.15, 0.2) is 42.5 Å². The van der Waals surface area contributed by atoms with Crippen molar-refractivity contribution in [1.82, 2.24) is 4.98 Å². The van der Waals surface area contributed by atoms with Crippen molar-refractivity contribution in [3.63, 3.8) is 0 Å². The number of fused-ring (bicyclic) bond motifs is 1. The van der Waals surface area contributed by atoms with Gasteiger partial charge in [0.1, 0.15) is 17.3 Å². The molecule has 3 rings (SSSR count). The zero-order valence-electron chi connectivity index (χ0n) is 11.1. The van der Waals surface area contributed by atoms with E-state index in [0.717, 1.165) is 18.2 Å². The number of aromatic nitrogens is 1. The summed E-state index contributed by atoms with van der Waals surface area (Å²) in [4.78, 5) is 15.6. The molecule has 0 fully saturated rings. The molecule has 0 unspecified atom stereocenters. The standard InChI is InChI=1S/C16H10FNO4/c17-8-1-3-10-12(16(21)22)7-14(18-13(10)5-8)11-4-2-9(19)6-15(11)20/h1-7,19-20H,(H,21,22). The molecular weight excluding hydrogens is 289 g/mol. The fourth-order valence-corrected chi connectivity index (χ4v) is 2.25. The van der Waals surface area contributed by atoms with E-state index in [2.05, 4.69) is 4.98 Å². The van der Waals surface area contributed by atoms with E-state index in [9.17, 15) is 24.5 Å². The molecule has 0 saturated carbocycles. The maximum Gasteiger partial charge on any atom is 0.336 e. The Morgan fingerprint density at radius 2 is 1.82 bits per heavy atom. The van der Waals surface area contributed by atoms with Gasteiger partial charge in [0.2, 0.25) is 0 Å². The van der Waals surface area contributed by atoms with Crippen molar-refractivity contribution in [3.8, 4) is 22.8 Å². The van der Waals surface area contributed by atoms with Crippen LogP contribution in [0.4, 0.5) is 4.39 Å². The highest BCUT2D eigenvalue weighted by Gasteiger charge is 2.15. The fraction of sp³-hybridized carbons (Fsp3) is 0. The third-order valence-corrected chi connectivity index (χ3v) is 3.26. The lowest BCUT2D eigenvalue weighted by Gasteiger charge is -2.09. The Labute approximate surface area is 123 Å². The number of aromatic hydroxyl groups is 2. The summed E-state index contributed by atoms with van der Waals surface area (Å²) in [6.45, 7) is 0. The molecule has 0 aliphatic rings. The lowest BCUT2D eigenvalue weighted by molar-refractivity contribution is 0.0699. The monoisotopic (exact) mass is 299 g/mol. The molecule has 0 saturated heterocycles. The molecule has 5 nitrogen and oxygen atoms in total. The van der Waals surface area contributed by atoms with Crippen LogP contribution in [0.1, 0.15) is 10.4 Å². The van der Waals surface area contributed by atoms with Gasteiger partial charge in [-0.05, 0) is 30.3 Å². The molecule has 110 valence electrons. The lowest BCUT2D eigenvalue weighted by atomic mass is 10.0. The smallest absolute Gasteiger partial charge is 0.336 e. The summed E-state index contributed by atoms with van der Waals surface area (Å²) in [7, 11) is 0. The van der Waals surface area contributed by atoms with E-state index >= 15 is 0 Å². The minimum Gasteiger partial charge on any atom is -0.508 e. The predicted octanol–water partition coefficient (Wildman–Crippen LogP) is 3.15. The van der Waals surface area contributed by atoms with Crippen molar-refractivity contribution >= 4 is 16.9 Å². The van der Waals surface area contributed by atoms with E-state index in [1.165, 1.54) is 24.3 Å². The van der Waals surface area contributed by atoms with Crippen molar-refractivity contribution in [3.05, 3.63) is 53.8 Å². The number of carbonyl (C=O) groups is 1. The second-order valence-corrected chi connectivity index (χ2v) is 4.72. The molecule has 0 bridgehead atoms. The summed E-state index contributed by atoms with van der Waals surface area (Å²) < 4.78 is 13.4. The van der Waals surface area contributed by atoms with Crippen LogP contribution in [-0.2, 0) is 0 Å². The molecule has 3 aromatic rings. The van der Waals surface area contributed by atoms with Gasteiger partial charge in [-0.25, -0.2) is 14.2 Å². The van der Waals surface area contributed by atoms with Gasteiger partial charge in [0.25, 0.3) is 0 Å². The van der Waals surface area contributed by atoms with Gasteiger partial charge in [-0.3, -0.25) is 0 Å². The topological polar surface area (TPSA) is 90.7 Å². The van der Waals surface area contributed by atoms with Crippen LogP contribution in [-0.4, -0.2) is 26.3 Å². The van der Waals surface area contributed by atoms with Gasteiger partial charge in [-0.2, -0.15) is 0 Å². The Morgan fingerprint density at radius 1 is 1.05 bits per heavy atom. The molecule has 3 N–H and O–H groups in total. The first-order chi connectivity index (χ1) is 10.5. The van der Waals surface area contributed by atoms with Crippen LogP contribution in [0.5, 0.6) is 11.5 Å². The molecule has 0 aliphatic heterocycles. The summed E-state index contributed by atoms with van der Waals surface area (Å²) in [5.74, 6) is -2.10. The molecule has 1 aromatic heterocycles. The zero-order valence-corrected chi connectivity index (χ0v) is 11.1. The average Bonchev–Trinajstić information content (AvgIpc) is 2.45. The highest BCUT2D eigenvalue weighted by molar-refractivity contribution is 6.03. The summed E-state index contributed by atoms with van der Waals surface area (Å²) in [6.07, 6.45) is 0. The van der Waals surface area contributed by atoms with Crippen LogP contribution in [0.2, 0.25) is 0 Å². The summed E-state index contributed by atoms with van der Waals surface area (Å²) in [5, 5.41) is 28.8. The molecule has 0 radical (unpaired) electrons. The van der Waals surface area contributed by atoms with Crippen LogP contribution in [0, 0.1) is 5.82 Å². The third-order valence-electron chi connectivity index (χ3n) is 3.26. The molecular formula is C16H10FNO4. The Morgan fingerprint density at radius 3 is 2.50 bits per heavy atom. The number of phenols is 2. The van der Waals surface area contributed by atoms with E-state index < -0.39 is 11.8 Å². The molecule has 0 aliphatic carbocycles. The number of carboxylic acids is 1. The Kier molecular flexibility index (Phi) is 3.14. The number of phenolic OH excluding ortho intramolecular Hbond substituents is 2. The number of carboxylic acid groups (broad SMARTS) is 1. The minimum absolute atomic E-state index is 0.0486. The number of pyridine rings is 1. The number of hydrogen-bond donors (Lipinski definition) is 3. The van der Waals surface area contributed by atoms with E-state index in [0.29, 0.717) is 5.39 Å². The summed E-state index contributed by atoms with van der Waals surface area (Å²) in [5.41, 5.74) is 0.536. The summed E-state index contributed by atoms with van der Waals surface area (Å²) in [6, 6.07) is 8.80. The predicted molar refractivity (Wildman–Crippen MR) is 77.4 cm³/mol. The molecule has 0 amide bonds. The van der Waals surface area contributed by atoms with Gasteiger partial charge in [0.15, 0.2) is 0 Å². The zero-order chi connectivity index (χ0) is 15.9. The largest absolute Gasteiger partial charge is 0.508 e. The quantitative estimate of drug-likeness (QED) is 0.676. The van der Waals surface area contributed by atoms with Crippen LogP contribution in [0.25, 0.3) is 22.2 Å². The van der Waals surface area contributed by atoms with Gasteiger partial charge in [0, 0.05) is 23.1 Å².